The van der Waals surface area contributed by atoms with Gasteiger partial charge in [-0.1, -0.05) is 17.7 Å². The number of nitrogens with zero attached hydrogens (tertiary/aromatic N) is 4. The van der Waals surface area contributed by atoms with E-state index in [2.05, 4.69) is 36.8 Å². The van der Waals surface area contributed by atoms with E-state index in [0.717, 1.165) is 61.7 Å². The van der Waals surface area contributed by atoms with Gasteiger partial charge in [-0.05, 0) is 86.7 Å². The fourth-order valence-corrected chi connectivity index (χ4v) is 7.15. The van der Waals surface area contributed by atoms with Crippen LogP contribution in [-0.4, -0.2) is 65.9 Å². The van der Waals surface area contributed by atoms with Crippen LogP contribution < -0.4 is 10.5 Å². The maximum Gasteiger partial charge on any atom is 0.314 e. The topological polar surface area (TPSA) is 96.8 Å². The number of carbonyl (C=O) groups excluding carboxylic acids is 2. The van der Waals surface area contributed by atoms with Gasteiger partial charge in [0.15, 0.2) is 6.20 Å². The summed E-state index contributed by atoms with van der Waals surface area (Å²) < 4.78 is 2.65. The summed E-state index contributed by atoms with van der Waals surface area (Å²) in [6, 6.07) is 5.37. The molecule has 1 aromatic carbocycles. The zero-order valence-corrected chi connectivity index (χ0v) is 24.4. The number of rotatable bonds is 3. The Morgan fingerprint density at radius 3 is 2.43 bits per heavy atom. The Balaban J connectivity index is 1.33. The maximum absolute atomic E-state index is 13.2. The molecule has 198 valence electrons. The molecule has 2 aliphatic heterocycles. The van der Waals surface area contributed by atoms with Gasteiger partial charge >= 0.3 is 6.03 Å². The first-order valence-corrected chi connectivity index (χ1v) is 14.6. The largest absolute Gasteiger partial charge is 0.618 e. The highest BCUT2D eigenvalue weighted by Crippen LogP contribution is 2.41. The van der Waals surface area contributed by atoms with Gasteiger partial charge in [-0.2, -0.15) is 4.73 Å². The Kier molecular flexibility index (Phi) is 8.00. The summed E-state index contributed by atoms with van der Waals surface area (Å²) in [6.07, 6.45) is 5.21. The monoisotopic (exact) mass is 653 g/mol. The Morgan fingerprint density at radius 2 is 1.76 bits per heavy atom. The molecular formula is C26H30Br2ClN5O3. The van der Waals surface area contributed by atoms with Crippen molar-refractivity contribution < 1.29 is 14.3 Å². The molecule has 3 aliphatic rings. The number of hydrogen-bond acceptors (Lipinski definition) is 4. The third-order valence-electron chi connectivity index (χ3n) is 7.97. The van der Waals surface area contributed by atoms with E-state index in [0.29, 0.717) is 50.7 Å². The number of piperazine rings is 1. The third-order valence-corrected chi connectivity index (χ3v) is 9.85. The molecule has 8 nitrogen and oxygen atoms in total. The minimum absolute atomic E-state index is 0.163. The van der Waals surface area contributed by atoms with Crippen molar-refractivity contribution in [1.82, 2.24) is 14.7 Å². The number of likely N-dealkylation sites (tertiary alicyclic amines) is 1. The van der Waals surface area contributed by atoms with E-state index >= 15 is 0 Å². The summed E-state index contributed by atoms with van der Waals surface area (Å²) in [7, 11) is 0. The quantitative estimate of drug-likeness (QED) is 0.400. The fraction of sp³-hybridized carbons (Fsp3) is 0.500. The van der Waals surface area contributed by atoms with Crippen LogP contribution in [0.5, 0.6) is 0 Å². The lowest BCUT2D eigenvalue weighted by atomic mass is 9.93. The smallest absolute Gasteiger partial charge is 0.314 e. The van der Waals surface area contributed by atoms with E-state index in [1.165, 1.54) is 0 Å². The van der Waals surface area contributed by atoms with Gasteiger partial charge < -0.3 is 20.7 Å². The molecule has 1 aromatic heterocycles. The second-order valence-corrected chi connectivity index (χ2v) is 12.2. The lowest BCUT2D eigenvalue weighted by Gasteiger charge is -2.40. The number of amides is 3. The van der Waals surface area contributed by atoms with E-state index in [1.54, 1.807) is 11.1 Å². The van der Waals surface area contributed by atoms with Crippen LogP contribution in [-0.2, 0) is 17.6 Å². The van der Waals surface area contributed by atoms with E-state index in [-0.39, 0.29) is 23.9 Å². The molecule has 1 atom stereocenters. The Hall–Kier alpha value is -1.88. The summed E-state index contributed by atoms with van der Waals surface area (Å²) in [5, 5.41) is 13.9. The van der Waals surface area contributed by atoms with Crippen molar-refractivity contribution >= 4 is 55.4 Å². The number of halogens is 3. The van der Waals surface area contributed by atoms with Crippen LogP contribution in [0, 0.1) is 11.1 Å². The van der Waals surface area contributed by atoms with Crippen molar-refractivity contribution in [1.29, 1.82) is 0 Å². The van der Waals surface area contributed by atoms with Crippen LogP contribution in [0.15, 0.2) is 33.3 Å². The number of urea groups is 1. The van der Waals surface area contributed by atoms with Crippen molar-refractivity contribution in [3.05, 3.63) is 66.0 Å². The van der Waals surface area contributed by atoms with Crippen LogP contribution in [0.1, 0.15) is 47.7 Å². The average molecular weight is 656 g/mol. The molecule has 5 rings (SSSR count). The third kappa shape index (κ3) is 5.48. The number of piperidine rings is 1. The van der Waals surface area contributed by atoms with Crippen molar-refractivity contribution in [3.63, 3.8) is 0 Å². The van der Waals surface area contributed by atoms with Gasteiger partial charge in [0, 0.05) is 55.7 Å². The predicted molar refractivity (Wildman–Crippen MR) is 148 cm³/mol. The van der Waals surface area contributed by atoms with E-state index in [9.17, 15) is 14.8 Å². The van der Waals surface area contributed by atoms with Crippen LogP contribution in [0.3, 0.4) is 0 Å². The molecule has 11 heteroatoms. The van der Waals surface area contributed by atoms with Crippen molar-refractivity contribution in [2.45, 2.75) is 38.1 Å². The van der Waals surface area contributed by atoms with Gasteiger partial charge in [-0.25, -0.2) is 4.79 Å². The minimum Gasteiger partial charge on any atom is -0.618 e. The van der Waals surface area contributed by atoms with Gasteiger partial charge in [-0.15, -0.1) is 0 Å². The van der Waals surface area contributed by atoms with Crippen LogP contribution >= 0.6 is 43.5 Å². The summed E-state index contributed by atoms with van der Waals surface area (Å²) in [5.41, 5.74) is 9.37. The Bertz CT molecular complexity index is 1210. The van der Waals surface area contributed by atoms with Gasteiger partial charge in [0.25, 0.3) is 0 Å². The molecule has 3 heterocycles. The highest BCUT2D eigenvalue weighted by atomic mass is 79.9. The zero-order chi connectivity index (χ0) is 26.3. The summed E-state index contributed by atoms with van der Waals surface area (Å²) in [6.45, 7) is 3.81. The molecule has 2 saturated heterocycles. The highest BCUT2D eigenvalue weighted by Gasteiger charge is 2.38. The van der Waals surface area contributed by atoms with Crippen molar-refractivity contribution in [2.75, 3.05) is 39.3 Å². The number of fused-ring (bicyclic) bond motifs is 2. The summed E-state index contributed by atoms with van der Waals surface area (Å²) >= 11 is 13.6. The molecule has 3 amide bonds. The SMILES string of the molecule is NC(=O)N1CCC(CC(=O)N2CCN([C@@H]3c4ccc(Cl)c(Br)c4CCc4cc(Br)c[n+]([O-])c43)CC2)CC1. The molecule has 1 aliphatic carbocycles. The standard InChI is InChI=1S/C26H30Br2ClN5O3/c27-18-14-17-1-2-19-20(3-4-21(29)23(19)28)25(24(17)34(37)15-18)32-11-9-31(10-12-32)22(35)13-16-5-7-33(8-6-16)26(30)36/h3-4,14-16,25H,1-2,5-13H2,(H2,30,36)/t25-/m1/s1. The number of primary amides is 1. The number of benzene rings is 1. The van der Waals surface area contributed by atoms with E-state index in [1.807, 2.05) is 23.1 Å². The molecule has 2 fully saturated rings. The van der Waals surface area contributed by atoms with Gasteiger partial charge in [0.1, 0.15) is 6.04 Å². The fourth-order valence-electron chi connectivity index (χ4n) is 5.95. The molecular weight excluding hydrogens is 626 g/mol. The lowest BCUT2D eigenvalue weighted by Crippen LogP contribution is -2.52. The van der Waals surface area contributed by atoms with Crippen LogP contribution in [0.4, 0.5) is 4.79 Å². The number of nitrogens with two attached hydrogens (primary N) is 1. The normalized spacial score (nSPS) is 20.8. The number of hydrogen-bond donors (Lipinski definition) is 1. The average Bonchev–Trinajstić information content (AvgIpc) is 3.04. The lowest BCUT2D eigenvalue weighted by molar-refractivity contribution is -0.617. The summed E-state index contributed by atoms with van der Waals surface area (Å²) in [4.78, 5) is 30.4. The molecule has 37 heavy (non-hydrogen) atoms. The highest BCUT2D eigenvalue weighted by molar-refractivity contribution is 9.10. The van der Waals surface area contributed by atoms with Crippen LogP contribution in [0.2, 0.25) is 5.02 Å². The molecule has 0 bridgehead atoms. The van der Waals surface area contributed by atoms with Gasteiger partial charge in [0.2, 0.25) is 11.6 Å². The molecule has 0 unspecified atom stereocenters. The molecule has 2 N–H and O–H groups in total. The van der Waals surface area contributed by atoms with Crippen molar-refractivity contribution in [2.24, 2.45) is 11.7 Å². The van der Waals surface area contributed by atoms with Gasteiger partial charge in [0.05, 0.1) is 9.50 Å². The van der Waals surface area contributed by atoms with E-state index in [4.69, 9.17) is 17.3 Å². The number of pyridine rings is 1. The number of aryl methyl sites for hydroxylation is 1. The van der Waals surface area contributed by atoms with Crippen molar-refractivity contribution in [3.8, 4) is 0 Å². The summed E-state index contributed by atoms with van der Waals surface area (Å²) in [5.74, 6) is 0.442. The zero-order valence-electron chi connectivity index (χ0n) is 20.5. The number of aromatic nitrogens is 1. The first-order valence-electron chi connectivity index (χ1n) is 12.7. The second kappa shape index (κ2) is 11.1. The van der Waals surface area contributed by atoms with Crippen LogP contribution in [0.25, 0.3) is 0 Å². The molecule has 0 saturated carbocycles. The molecule has 2 aromatic rings. The minimum atomic E-state index is -0.386. The Labute approximate surface area is 238 Å². The first-order chi connectivity index (χ1) is 17.7. The number of carbonyl (C=O) groups is 2. The van der Waals surface area contributed by atoms with Gasteiger partial charge in [-0.3, -0.25) is 9.69 Å². The van der Waals surface area contributed by atoms with E-state index < -0.39 is 0 Å². The molecule has 0 radical (unpaired) electrons. The first kappa shape index (κ1) is 26.7. The maximum atomic E-state index is 13.2. The second-order valence-electron chi connectivity index (χ2n) is 10.1. The predicted octanol–water partition coefficient (Wildman–Crippen LogP) is 4.01. The Morgan fingerprint density at radius 1 is 1.05 bits per heavy atom. The molecule has 0 spiro atoms.